The third-order valence-corrected chi connectivity index (χ3v) is 5.13. The van der Waals surface area contributed by atoms with Crippen LogP contribution in [0, 0.1) is 5.92 Å². The predicted molar refractivity (Wildman–Crippen MR) is 119 cm³/mol. The fraction of sp³-hybridized carbons (Fsp3) is 0.542. The van der Waals surface area contributed by atoms with Crippen molar-refractivity contribution in [2.45, 2.75) is 58.9 Å². The second-order valence-electron chi connectivity index (χ2n) is 7.97. The fourth-order valence-corrected chi connectivity index (χ4v) is 3.36. The van der Waals surface area contributed by atoms with Gasteiger partial charge in [-0.1, -0.05) is 25.5 Å². The molecular weight excluding hydrogens is 396 g/mol. The lowest BCUT2D eigenvalue weighted by Crippen LogP contribution is -2.46. The van der Waals surface area contributed by atoms with Crippen LogP contribution in [0.15, 0.2) is 35.9 Å². The third kappa shape index (κ3) is 8.44. The predicted octanol–water partition coefficient (Wildman–Crippen LogP) is 3.39. The molecule has 1 atom stereocenters. The van der Waals surface area contributed by atoms with Crippen LogP contribution in [0.1, 0.15) is 63.2 Å². The molecule has 0 bridgehead atoms. The summed E-state index contributed by atoms with van der Waals surface area (Å²) in [6.07, 6.45) is 7.71. The summed E-state index contributed by atoms with van der Waals surface area (Å²) >= 11 is 0. The molecule has 2 N–H and O–H groups in total. The Hall–Kier alpha value is -2.83. The van der Waals surface area contributed by atoms with Crippen molar-refractivity contribution < 1.29 is 23.9 Å². The van der Waals surface area contributed by atoms with Gasteiger partial charge in [0.05, 0.1) is 6.61 Å². The average Bonchev–Trinajstić information content (AvgIpc) is 2.77. The Kier molecular flexibility index (Phi) is 10.1. The number of hydrogen-bond donors (Lipinski definition) is 2. The fourth-order valence-electron chi connectivity index (χ4n) is 3.36. The van der Waals surface area contributed by atoms with Gasteiger partial charge in [-0.3, -0.25) is 9.59 Å². The zero-order valence-corrected chi connectivity index (χ0v) is 18.7. The molecule has 1 aliphatic carbocycles. The van der Waals surface area contributed by atoms with E-state index in [0.29, 0.717) is 24.5 Å². The van der Waals surface area contributed by atoms with Crippen molar-refractivity contribution in [3.63, 3.8) is 0 Å². The van der Waals surface area contributed by atoms with E-state index >= 15 is 0 Å². The highest BCUT2D eigenvalue weighted by molar-refractivity contribution is 5.97. The summed E-state index contributed by atoms with van der Waals surface area (Å²) in [5.74, 6) is -0.876. The Labute approximate surface area is 184 Å². The molecule has 2 rings (SSSR count). The summed E-state index contributed by atoms with van der Waals surface area (Å²) in [6, 6.07) is 5.83. The van der Waals surface area contributed by atoms with Gasteiger partial charge in [0.1, 0.15) is 11.8 Å². The van der Waals surface area contributed by atoms with Gasteiger partial charge in [0.15, 0.2) is 6.61 Å². The van der Waals surface area contributed by atoms with Gasteiger partial charge < -0.3 is 20.1 Å². The quantitative estimate of drug-likeness (QED) is 0.415. The van der Waals surface area contributed by atoms with Crippen LogP contribution in [-0.2, 0) is 14.3 Å². The van der Waals surface area contributed by atoms with Gasteiger partial charge in [-0.05, 0) is 69.2 Å². The second-order valence-corrected chi connectivity index (χ2v) is 7.97. The monoisotopic (exact) mass is 430 g/mol. The van der Waals surface area contributed by atoms with E-state index in [1.54, 1.807) is 24.3 Å². The molecule has 0 aromatic heterocycles. The van der Waals surface area contributed by atoms with Gasteiger partial charge in [-0.15, -0.1) is 0 Å². The first kappa shape index (κ1) is 24.4. The zero-order valence-electron chi connectivity index (χ0n) is 18.7. The van der Waals surface area contributed by atoms with Crippen molar-refractivity contribution >= 4 is 17.8 Å². The van der Waals surface area contributed by atoms with Gasteiger partial charge in [0.2, 0.25) is 0 Å². The summed E-state index contributed by atoms with van der Waals surface area (Å²) in [5, 5.41) is 5.48. The molecule has 0 fully saturated rings. The number of esters is 1. The first-order valence-electron chi connectivity index (χ1n) is 11.1. The summed E-state index contributed by atoms with van der Waals surface area (Å²) < 4.78 is 10.5. The molecule has 0 aliphatic heterocycles. The number of benzene rings is 1. The zero-order chi connectivity index (χ0) is 22.6. The molecule has 0 saturated carbocycles. The Morgan fingerprint density at radius 3 is 2.45 bits per heavy atom. The average molecular weight is 431 g/mol. The molecule has 1 aromatic rings. The van der Waals surface area contributed by atoms with E-state index in [9.17, 15) is 14.4 Å². The molecule has 1 aliphatic rings. The van der Waals surface area contributed by atoms with E-state index in [4.69, 9.17) is 9.47 Å². The molecule has 0 saturated heterocycles. The van der Waals surface area contributed by atoms with Gasteiger partial charge in [0.25, 0.3) is 11.8 Å². The van der Waals surface area contributed by atoms with E-state index in [1.165, 1.54) is 18.4 Å². The molecule has 7 nitrogen and oxygen atoms in total. The smallest absolute Gasteiger partial charge is 0.329 e. The standard InChI is InChI=1S/C24H34N2O5/c1-4-30-20-12-10-19(11-13-20)23(28)26-22(17(2)3)24(29)31-16-21(27)25-15-14-18-8-6-5-7-9-18/h8,10-13,17,22H,4-7,9,14-16H2,1-3H3,(H,25,27)(H,26,28). The van der Waals surface area contributed by atoms with Crippen LogP contribution in [0.2, 0.25) is 0 Å². The number of allylic oxidation sites excluding steroid dienone is 1. The Bertz CT molecular complexity index is 771. The molecule has 2 amide bonds. The Morgan fingerprint density at radius 2 is 1.84 bits per heavy atom. The summed E-state index contributed by atoms with van der Waals surface area (Å²) in [7, 11) is 0. The van der Waals surface area contributed by atoms with Gasteiger partial charge in [0, 0.05) is 12.1 Å². The molecule has 0 spiro atoms. The van der Waals surface area contributed by atoms with Crippen molar-refractivity contribution in [1.29, 1.82) is 0 Å². The van der Waals surface area contributed by atoms with Crippen molar-refractivity contribution in [2.75, 3.05) is 19.8 Å². The Morgan fingerprint density at radius 1 is 1.10 bits per heavy atom. The lowest BCUT2D eigenvalue weighted by atomic mass is 9.97. The van der Waals surface area contributed by atoms with Crippen molar-refractivity contribution in [3.05, 3.63) is 41.5 Å². The van der Waals surface area contributed by atoms with Crippen LogP contribution >= 0.6 is 0 Å². The van der Waals surface area contributed by atoms with Crippen molar-refractivity contribution in [2.24, 2.45) is 5.92 Å². The highest BCUT2D eigenvalue weighted by atomic mass is 16.5. The van der Waals surface area contributed by atoms with Crippen LogP contribution in [0.5, 0.6) is 5.75 Å². The number of nitrogens with one attached hydrogen (secondary N) is 2. The minimum atomic E-state index is -0.848. The normalized spacial score (nSPS) is 14.4. The molecule has 1 unspecified atom stereocenters. The molecule has 1 aromatic carbocycles. The molecule has 31 heavy (non-hydrogen) atoms. The van der Waals surface area contributed by atoms with E-state index in [1.807, 2.05) is 20.8 Å². The van der Waals surface area contributed by atoms with E-state index < -0.39 is 12.0 Å². The molecule has 0 radical (unpaired) electrons. The highest BCUT2D eigenvalue weighted by Crippen LogP contribution is 2.19. The molecule has 0 heterocycles. The van der Waals surface area contributed by atoms with Gasteiger partial charge >= 0.3 is 5.97 Å². The largest absolute Gasteiger partial charge is 0.494 e. The maximum Gasteiger partial charge on any atom is 0.329 e. The number of carbonyl (C=O) groups is 3. The second kappa shape index (κ2) is 12.8. The number of rotatable bonds is 11. The van der Waals surface area contributed by atoms with E-state index in [0.717, 1.165) is 19.3 Å². The third-order valence-electron chi connectivity index (χ3n) is 5.13. The summed E-state index contributed by atoms with van der Waals surface area (Å²) in [6.45, 7) is 6.21. The first-order valence-corrected chi connectivity index (χ1v) is 11.1. The molecule has 7 heteroatoms. The number of hydrogen-bond acceptors (Lipinski definition) is 5. The van der Waals surface area contributed by atoms with Crippen molar-refractivity contribution in [3.8, 4) is 5.75 Å². The van der Waals surface area contributed by atoms with Gasteiger partial charge in [-0.2, -0.15) is 0 Å². The van der Waals surface area contributed by atoms with Crippen LogP contribution in [0.3, 0.4) is 0 Å². The first-order chi connectivity index (χ1) is 14.9. The SMILES string of the molecule is CCOc1ccc(C(=O)NC(C(=O)OCC(=O)NCCC2=CCCCC2)C(C)C)cc1. The minimum Gasteiger partial charge on any atom is -0.494 e. The Balaban J connectivity index is 1.79. The number of ether oxygens (including phenoxy) is 2. The maximum atomic E-state index is 12.5. The van der Waals surface area contributed by atoms with E-state index in [2.05, 4.69) is 16.7 Å². The lowest BCUT2D eigenvalue weighted by molar-refractivity contribution is -0.151. The topological polar surface area (TPSA) is 93.7 Å². The highest BCUT2D eigenvalue weighted by Gasteiger charge is 2.26. The number of carbonyl (C=O) groups excluding carboxylic acids is 3. The lowest BCUT2D eigenvalue weighted by Gasteiger charge is -2.21. The molecule has 170 valence electrons. The minimum absolute atomic E-state index is 0.194. The molecular formula is C24H34N2O5. The van der Waals surface area contributed by atoms with Crippen LogP contribution in [0.4, 0.5) is 0 Å². The van der Waals surface area contributed by atoms with E-state index in [-0.39, 0.29) is 24.3 Å². The van der Waals surface area contributed by atoms with Crippen LogP contribution in [0.25, 0.3) is 0 Å². The summed E-state index contributed by atoms with van der Waals surface area (Å²) in [5.41, 5.74) is 1.79. The number of amides is 2. The summed E-state index contributed by atoms with van der Waals surface area (Å²) in [4.78, 5) is 37.0. The van der Waals surface area contributed by atoms with Gasteiger partial charge in [-0.25, -0.2) is 4.79 Å². The van der Waals surface area contributed by atoms with Crippen molar-refractivity contribution in [1.82, 2.24) is 10.6 Å². The maximum absolute atomic E-state index is 12.5. The van der Waals surface area contributed by atoms with Crippen LogP contribution in [-0.4, -0.2) is 43.6 Å². The van der Waals surface area contributed by atoms with Crippen LogP contribution < -0.4 is 15.4 Å².